The molecule has 0 aliphatic heterocycles. The lowest BCUT2D eigenvalue weighted by Crippen LogP contribution is -2.27. The van der Waals surface area contributed by atoms with Gasteiger partial charge in [-0.2, -0.15) is 0 Å². The number of carbonyl (C=O) groups excluding carboxylic acids is 2. The summed E-state index contributed by atoms with van der Waals surface area (Å²) in [6, 6.07) is 12.2. The molecule has 0 spiro atoms. The van der Waals surface area contributed by atoms with Gasteiger partial charge in [0.2, 0.25) is 5.91 Å². The summed E-state index contributed by atoms with van der Waals surface area (Å²) in [7, 11) is 1.73. The van der Waals surface area contributed by atoms with Crippen LogP contribution in [0.25, 0.3) is 5.65 Å². The lowest BCUT2D eigenvalue weighted by molar-refractivity contribution is -0.118. The van der Waals surface area contributed by atoms with Gasteiger partial charge in [0.15, 0.2) is 0 Å². The number of aromatic nitrogens is 2. The molecule has 0 aliphatic carbocycles. The number of nitrogens with zero attached hydrogens (tertiary/aromatic N) is 3. The zero-order valence-corrected chi connectivity index (χ0v) is 16.8. The molecule has 0 bridgehead atoms. The van der Waals surface area contributed by atoms with E-state index in [2.05, 4.69) is 10.3 Å². The largest absolute Gasteiger partial charge is 0.508 e. The third kappa shape index (κ3) is 4.93. The van der Waals surface area contributed by atoms with E-state index >= 15 is 0 Å². The highest BCUT2D eigenvalue weighted by Gasteiger charge is 2.15. The Morgan fingerprint density at radius 3 is 2.62 bits per heavy atom. The molecule has 7 nitrogen and oxygen atoms in total. The van der Waals surface area contributed by atoms with Crippen molar-refractivity contribution in [2.75, 3.05) is 18.5 Å². The predicted molar refractivity (Wildman–Crippen MR) is 112 cm³/mol. The molecule has 1 aromatic carbocycles. The standard InChI is InChI=1S/C22H26N4O3/c1-16-21(26-15-7-5-8-19(26)24-16)22(29)23-14-6-3-4-9-20(28)25(2)17-10-12-18(27)13-11-17/h5,7-8,10-13,15,27H,3-4,6,9,14H2,1-2H3,(H,23,29). The van der Waals surface area contributed by atoms with Crippen LogP contribution in [0.4, 0.5) is 5.69 Å². The van der Waals surface area contributed by atoms with Crippen LogP contribution in [0.2, 0.25) is 0 Å². The first-order chi connectivity index (χ1) is 14.0. The first-order valence-electron chi connectivity index (χ1n) is 9.75. The summed E-state index contributed by atoms with van der Waals surface area (Å²) in [5.41, 5.74) is 2.78. The van der Waals surface area contributed by atoms with Gasteiger partial charge in [0.05, 0.1) is 5.69 Å². The van der Waals surface area contributed by atoms with Crippen LogP contribution in [-0.2, 0) is 4.79 Å². The second kappa shape index (κ2) is 9.23. The monoisotopic (exact) mass is 394 g/mol. The van der Waals surface area contributed by atoms with Crippen LogP contribution in [0.5, 0.6) is 5.75 Å². The summed E-state index contributed by atoms with van der Waals surface area (Å²) in [6.45, 7) is 2.39. The molecule has 2 heterocycles. The molecular formula is C22H26N4O3. The molecule has 152 valence electrons. The molecular weight excluding hydrogens is 368 g/mol. The van der Waals surface area contributed by atoms with Gasteiger partial charge in [0.25, 0.3) is 5.91 Å². The molecule has 0 aliphatic rings. The number of benzene rings is 1. The lowest BCUT2D eigenvalue weighted by Gasteiger charge is -2.17. The zero-order valence-electron chi connectivity index (χ0n) is 16.8. The molecule has 3 aromatic rings. The van der Waals surface area contributed by atoms with Crippen LogP contribution in [0.1, 0.15) is 41.9 Å². The van der Waals surface area contributed by atoms with Crippen molar-refractivity contribution in [3.63, 3.8) is 0 Å². The summed E-state index contributed by atoms with van der Waals surface area (Å²) in [5.74, 6) is 0.0705. The fraction of sp³-hybridized carbons (Fsp3) is 0.318. The number of rotatable bonds is 8. The highest BCUT2D eigenvalue weighted by Crippen LogP contribution is 2.18. The third-order valence-electron chi connectivity index (χ3n) is 4.88. The Hall–Kier alpha value is -3.35. The van der Waals surface area contributed by atoms with Crippen LogP contribution in [0.3, 0.4) is 0 Å². The van der Waals surface area contributed by atoms with Crippen molar-refractivity contribution >= 4 is 23.1 Å². The van der Waals surface area contributed by atoms with Crippen LogP contribution >= 0.6 is 0 Å². The number of fused-ring (bicyclic) bond motifs is 1. The number of amides is 2. The first-order valence-corrected chi connectivity index (χ1v) is 9.75. The third-order valence-corrected chi connectivity index (χ3v) is 4.88. The Kier molecular flexibility index (Phi) is 6.49. The normalized spacial score (nSPS) is 10.8. The maximum absolute atomic E-state index is 12.5. The number of carbonyl (C=O) groups is 2. The van der Waals surface area contributed by atoms with E-state index in [9.17, 15) is 14.7 Å². The van der Waals surface area contributed by atoms with Crippen molar-refractivity contribution in [2.24, 2.45) is 0 Å². The fourth-order valence-corrected chi connectivity index (χ4v) is 3.24. The van der Waals surface area contributed by atoms with Gasteiger partial charge in [-0.1, -0.05) is 12.5 Å². The Balaban J connectivity index is 1.39. The van der Waals surface area contributed by atoms with E-state index in [0.29, 0.717) is 24.4 Å². The van der Waals surface area contributed by atoms with Crippen LogP contribution in [0.15, 0.2) is 48.7 Å². The van der Waals surface area contributed by atoms with E-state index in [0.717, 1.165) is 30.6 Å². The fourth-order valence-electron chi connectivity index (χ4n) is 3.24. The average Bonchev–Trinajstić information content (AvgIpc) is 3.06. The summed E-state index contributed by atoms with van der Waals surface area (Å²) < 4.78 is 1.79. The van der Waals surface area contributed by atoms with Gasteiger partial charge in [0.1, 0.15) is 17.1 Å². The van der Waals surface area contributed by atoms with Gasteiger partial charge < -0.3 is 15.3 Å². The summed E-state index contributed by atoms with van der Waals surface area (Å²) in [6.07, 6.45) is 4.68. The van der Waals surface area contributed by atoms with Crippen molar-refractivity contribution in [3.05, 3.63) is 60.0 Å². The van der Waals surface area contributed by atoms with E-state index in [-0.39, 0.29) is 17.6 Å². The maximum Gasteiger partial charge on any atom is 0.270 e. The van der Waals surface area contributed by atoms with Gasteiger partial charge in [0, 0.05) is 31.9 Å². The lowest BCUT2D eigenvalue weighted by atomic mass is 10.1. The smallest absolute Gasteiger partial charge is 0.270 e. The van der Waals surface area contributed by atoms with E-state index in [1.54, 1.807) is 40.6 Å². The van der Waals surface area contributed by atoms with Crippen LogP contribution in [0, 0.1) is 6.92 Å². The zero-order chi connectivity index (χ0) is 20.8. The molecule has 0 unspecified atom stereocenters. The molecule has 0 atom stereocenters. The molecule has 3 rings (SSSR count). The number of aromatic hydroxyl groups is 1. The van der Waals surface area contributed by atoms with E-state index in [1.165, 1.54) is 0 Å². The van der Waals surface area contributed by atoms with Crippen LogP contribution in [-0.4, -0.2) is 39.9 Å². The minimum absolute atomic E-state index is 0.0288. The number of pyridine rings is 1. The van der Waals surface area contributed by atoms with Gasteiger partial charge in [-0.25, -0.2) is 4.98 Å². The molecule has 29 heavy (non-hydrogen) atoms. The Morgan fingerprint density at radius 1 is 1.10 bits per heavy atom. The van der Waals surface area contributed by atoms with Gasteiger partial charge in [-0.3, -0.25) is 14.0 Å². The molecule has 0 saturated carbocycles. The van der Waals surface area contributed by atoms with Crippen molar-refractivity contribution in [2.45, 2.75) is 32.6 Å². The number of phenolic OH excluding ortho intramolecular Hbond substituents is 1. The quantitative estimate of drug-likeness (QED) is 0.574. The van der Waals surface area contributed by atoms with Crippen molar-refractivity contribution < 1.29 is 14.7 Å². The Morgan fingerprint density at radius 2 is 1.86 bits per heavy atom. The minimum atomic E-state index is -0.135. The van der Waals surface area contributed by atoms with Gasteiger partial charge in [-0.15, -0.1) is 0 Å². The summed E-state index contributed by atoms with van der Waals surface area (Å²) >= 11 is 0. The number of phenols is 1. The number of hydrogen-bond donors (Lipinski definition) is 2. The molecule has 7 heteroatoms. The van der Waals surface area contributed by atoms with Crippen molar-refractivity contribution in [1.29, 1.82) is 0 Å². The highest BCUT2D eigenvalue weighted by atomic mass is 16.3. The molecule has 2 N–H and O–H groups in total. The number of aryl methyl sites for hydroxylation is 1. The average molecular weight is 394 g/mol. The number of hydrogen-bond acceptors (Lipinski definition) is 4. The highest BCUT2D eigenvalue weighted by molar-refractivity contribution is 5.94. The second-order valence-electron chi connectivity index (χ2n) is 7.01. The molecule has 0 radical (unpaired) electrons. The maximum atomic E-state index is 12.5. The minimum Gasteiger partial charge on any atom is -0.508 e. The van der Waals surface area contributed by atoms with E-state index in [1.807, 2.05) is 31.3 Å². The van der Waals surface area contributed by atoms with Crippen molar-refractivity contribution in [3.8, 4) is 5.75 Å². The van der Waals surface area contributed by atoms with Gasteiger partial charge in [-0.05, 0) is 56.2 Å². The topological polar surface area (TPSA) is 86.9 Å². The first kappa shape index (κ1) is 20.4. The SMILES string of the molecule is Cc1nc2ccccn2c1C(=O)NCCCCCC(=O)N(C)c1ccc(O)cc1. The number of unbranched alkanes of at least 4 members (excludes halogenated alkanes) is 2. The van der Waals surface area contributed by atoms with Crippen LogP contribution < -0.4 is 10.2 Å². The number of imidazole rings is 1. The summed E-state index contributed by atoms with van der Waals surface area (Å²) in [4.78, 5) is 30.8. The Bertz CT molecular complexity index is 995. The predicted octanol–water partition coefficient (Wildman–Crippen LogP) is 3.30. The second-order valence-corrected chi connectivity index (χ2v) is 7.01. The van der Waals surface area contributed by atoms with Crippen molar-refractivity contribution in [1.82, 2.24) is 14.7 Å². The molecule has 0 saturated heterocycles. The van der Waals surface area contributed by atoms with E-state index < -0.39 is 0 Å². The Labute approximate surface area is 170 Å². The molecule has 2 amide bonds. The number of anilines is 1. The van der Waals surface area contributed by atoms with E-state index in [4.69, 9.17) is 0 Å². The summed E-state index contributed by atoms with van der Waals surface area (Å²) in [5, 5.41) is 12.3. The number of nitrogens with one attached hydrogen (secondary N) is 1. The van der Waals surface area contributed by atoms with Gasteiger partial charge >= 0.3 is 0 Å². The molecule has 0 fully saturated rings. The molecule has 2 aromatic heterocycles.